The van der Waals surface area contributed by atoms with Crippen LogP contribution in [0.25, 0.3) is 0 Å². The van der Waals surface area contributed by atoms with Gasteiger partial charge in [-0.1, -0.05) is 52.0 Å². The second-order valence-corrected chi connectivity index (χ2v) is 8.22. The van der Waals surface area contributed by atoms with Gasteiger partial charge in [0.2, 0.25) is 11.8 Å². The summed E-state index contributed by atoms with van der Waals surface area (Å²) >= 11 is 0. The predicted octanol–water partition coefficient (Wildman–Crippen LogP) is 5.09. The van der Waals surface area contributed by atoms with Crippen molar-refractivity contribution in [1.82, 2.24) is 5.32 Å². The first-order chi connectivity index (χ1) is 14.7. The maximum atomic E-state index is 12.6. The van der Waals surface area contributed by atoms with E-state index in [1.165, 1.54) is 18.1 Å². The summed E-state index contributed by atoms with van der Waals surface area (Å²) in [5.41, 5.74) is 3.61. The Bertz CT molecular complexity index is 878. The largest absolute Gasteiger partial charge is 0.495 e. The molecule has 0 unspecified atom stereocenters. The van der Waals surface area contributed by atoms with Crippen molar-refractivity contribution in [1.29, 1.82) is 0 Å². The number of carbonyl (C=O) groups is 2. The maximum absolute atomic E-state index is 12.6. The van der Waals surface area contributed by atoms with Gasteiger partial charge in [0.15, 0.2) is 0 Å². The molecule has 0 heterocycles. The summed E-state index contributed by atoms with van der Waals surface area (Å²) in [6, 6.07) is 13.8. The highest BCUT2D eigenvalue weighted by molar-refractivity contribution is 5.95. The third-order valence-electron chi connectivity index (χ3n) is 5.42. The fourth-order valence-electron chi connectivity index (χ4n) is 3.49. The fourth-order valence-corrected chi connectivity index (χ4v) is 3.49. The van der Waals surface area contributed by atoms with Gasteiger partial charge in [-0.25, -0.2) is 0 Å². The molecule has 31 heavy (non-hydrogen) atoms. The number of amides is 2. The number of nitrogens with one attached hydrogen (secondary N) is 3. The smallest absolute Gasteiger partial charge is 0.238 e. The van der Waals surface area contributed by atoms with Gasteiger partial charge < -0.3 is 20.7 Å². The van der Waals surface area contributed by atoms with Crippen molar-refractivity contribution in [2.75, 3.05) is 24.3 Å². The average molecular weight is 426 g/mol. The van der Waals surface area contributed by atoms with Crippen LogP contribution in [-0.2, 0) is 9.59 Å². The molecule has 0 bridgehead atoms. The molecule has 0 saturated heterocycles. The molecule has 6 nitrogen and oxygen atoms in total. The number of rotatable bonds is 10. The van der Waals surface area contributed by atoms with Gasteiger partial charge in [-0.05, 0) is 47.6 Å². The Balaban J connectivity index is 2.06. The van der Waals surface area contributed by atoms with Gasteiger partial charge in [-0.2, -0.15) is 0 Å². The lowest BCUT2D eigenvalue weighted by Crippen LogP contribution is -2.33. The molecule has 0 aromatic heterocycles. The zero-order valence-electron chi connectivity index (χ0n) is 19.4. The number of anilines is 2. The summed E-state index contributed by atoms with van der Waals surface area (Å²) in [7, 11) is 1.54. The summed E-state index contributed by atoms with van der Waals surface area (Å²) in [6.45, 7) is 10.3. The summed E-state index contributed by atoms with van der Waals surface area (Å²) in [5.74, 6) is 1.03. The molecule has 0 spiro atoms. The average Bonchev–Trinajstić information content (AvgIpc) is 2.73. The highest BCUT2D eigenvalue weighted by atomic mass is 16.5. The van der Waals surface area contributed by atoms with E-state index in [9.17, 15) is 9.59 Å². The standard InChI is InChI=1S/C25H35N3O3/c1-7-17(4)19-8-10-20(11-9-19)25(16(2)3)26-15-24(30)28-22-14-21(27-18(5)29)12-13-23(22)31-6/h8-14,16-17,25-26H,7,15H2,1-6H3,(H,27,29)(H,28,30)/t17-,25+/m1/s1. The molecule has 2 aromatic rings. The zero-order valence-corrected chi connectivity index (χ0v) is 19.4. The van der Waals surface area contributed by atoms with E-state index in [4.69, 9.17) is 4.74 Å². The van der Waals surface area contributed by atoms with Crippen LogP contribution in [0.1, 0.15) is 64.1 Å². The van der Waals surface area contributed by atoms with Crippen molar-refractivity contribution in [3.8, 4) is 5.75 Å². The number of hydrogen-bond acceptors (Lipinski definition) is 4. The van der Waals surface area contributed by atoms with E-state index < -0.39 is 0 Å². The first kappa shape index (κ1) is 24.4. The van der Waals surface area contributed by atoms with Crippen LogP contribution >= 0.6 is 0 Å². The van der Waals surface area contributed by atoms with Crippen LogP contribution in [0.15, 0.2) is 42.5 Å². The Morgan fingerprint density at radius 3 is 2.16 bits per heavy atom. The molecule has 2 aromatic carbocycles. The van der Waals surface area contributed by atoms with Crippen LogP contribution in [-0.4, -0.2) is 25.5 Å². The van der Waals surface area contributed by atoms with Crippen LogP contribution in [0.3, 0.4) is 0 Å². The van der Waals surface area contributed by atoms with Crippen molar-refractivity contribution >= 4 is 23.2 Å². The van der Waals surface area contributed by atoms with E-state index in [-0.39, 0.29) is 24.4 Å². The van der Waals surface area contributed by atoms with E-state index in [1.807, 2.05) is 0 Å². The maximum Gasteiger partial charge on any atom is 0.238 e. The molecule has 0 fully saturated rings. The molecule has 0 radical (unpaired) electrons. The van der Waals surface area contributed by atoms with Gasteiger partial charge in [0.25, 0.3) is 0 Å². The Morgan fingerprint density at radius 2 is 1.61 bits per heavy atom. The summed E-state index contributed by atoms with van der Waals surface area (Å²) in [5, 5.41) is 8.97. The molecule has 2 rings (SSSR count). The van der Waals surface area contributed by atoms with E-state index in [1.54, 1.807) is 25.3 Å². The molecule has 2 atom stereocenters. The number of ether oxygens (including phenoxy) is 1. The number of benzene rings is 2. The first-order valence-electron chi connectivity index (χ1n) is 10.8. The summed E-state index contributed by atoms with van der Waals surface area (Å²) in [6.07, 6.45) is 1.11. The van der Waals surface area contributed by atoms with Gasteiger partial charge in [-0.3, -0.25) is 9.59 Å². The minimum atomic E-state index is -0.180. The van der Waals surface area contributed by atoms with Crippen molar-refractivity contribution in [2.45, 2.75) is 53.0 Å². The Kier molecular flexibility index (Phi) is 9.06. The molecule has 6 heteroatoms. The topological polar surface area (TPSA) is 79.5 Å². The van der Waals surface area contributed by atoms with Crippen LogP contribution in [0.4, 0.5) is 11.4 Å². The van der Waals surface area contributed by atoms with Crippen molar-refractivity contribution in [3.05, 3.63) is 53.6 Å². The van der Waals surface area contributed by atoms with Crippen LogP contribution < -0.4 is 20.7 Å². The second kappa shape index (κ2) is 11.5. The molecule has 0 aliphatic heterocycles. The van der Waals surface area contributed by atoms with Gasteiger partial charge in [0, 0.05) is 18.7 Å². The predicted molar refractivity (Wildman–Crippen MR) is 127 cm³/mol. The Hall–Kier alpha value is -2.86. The van der Waals surface area contributed by atoms with Crippen molar-refractivity contribution < 1.29 is 14.3 Å². The molecule has 168 valence electrons. The summed E-state index contributed by atoms with van der Waals surface area (Å²) < 4.78 is 5.33. The van der Waals surface area contributed by atoms with E-state index >= 15 is 0 Å². The highest BCUT2D eigenvalue weighted by Gasteiger charge is 2.18. The lowest BCUT2D eigenvalue weighted by molar-refractivity contribution is -0.116. The molecule has 0 aliphatic rings. The summed E-state index contributed by atoms with van der Waals surface area (Å²) in [4.78, 5) is 24.0. The van der Waals surface area contributed by atoms with Crippen LogP contribution in [0.5, 0.6) is 5.75 Å². The van der Waals surface area contributed by atoms with Gasteiger partial charge in [0.1, 0.15) is 5.75 Å². The second-order valence-electron chi connectivity index (χ2n) is 8.22. The molecule has 2 amide bonds. The molecular weight excluding hydrogens is 390 g/mol. The van der Waals surface area contributed by atoms with E-state index in [0.717, 1.165) is 6.42 Å². The minimum absolute atomic E-state index is 0.0596. The molecule has 3 N–H and O–H groups in total. The van der Waals surface area contributed by atoms with E-state index in [0.29, 0.717) is 29.0 Å². The van der Waals surface area contributed by atoms with Crippen LogP contribution in [0.2, 0.25) is 0 Å². The number of carbonyl (C=O) groups excluding carboxylic acids is 2. The minimum Gasteiger partial charge on any atom is -0.495 e. The normalized spacial score (nSPS) is 12.9. The lowest BCUT2D eigenvalue weighted by Gasteiger charge is -2.23. The number of hydrogen-bond donors (Lipinski definition) is 3. The number of methoxy groups -OCH3 is 1. The third-order valence-corrected chi connectivity index (χ3v) is 5.42. The highest BCUT2D eigenvalue weighted by Crippen LogP contribution is 2.28. The zero-order chi connectivity index (χ0) is 23.0. The molecular formula is C25H35N3O3. The lowest BCUT2D eigenvalue weighted by atomic mass is 9.92. The SMILES string of the molecule is CC[C@@H](C)c1ccc([C@@H](NCC(=O)Nc2cc(NC(C)=O)ccc2OC)C(C)C)cc1. The van der Waals surface area contributed by atoms with Crippen LogP contribution in [0, 0.1) is 5.92 Å². The molecule has 0 aliphatic carbocycles. The monoisotopic (exact) mass is 425 g/mol. The fraction of sp³-hybridized carbons (Fsp3) is 0.440. The third kappa shape index (κ3) is 7.10. The molecule has 0 saturated carbocycles. The van der Waals surface area contributed by atoms with Crippen molar-refractivity contribution in [2.24, 2.45) is 5.92 Å². The Labute approximate surface area is 185 Å². The quantitative estimate of drug-likeness (QED) is 0.495. The van der Waals surface area contributed by atoms with Gasteiger partial charge >= 0.3 is 0 Å². The van der Waals surface area contributed by atoms with Crippen molar-refractivity contribution in [3.63, 3.8) is 0 Å². The van der Waals surface area contributed by atoms with Gasteiger partial charge in [-0.15, -0.1) is 0 Å². The first-order valence-corrected chi connectivity index (χ1v) is 10.8. The van der Waals surface area contributed by atoms with E-state index in [2.05, 4.69) is 67.9 Å². The van der Waals surface area contributed by atoms with Gasteiger partial charge in [0.05, 0.1) is 19.3 Å². The Morgan fingerprint density at radius 1 is 0.968 bits per heavy atom.